The van der Waals surface area contributed by atoms with E-state index in [0.29, 0.717) is 29.7 Å². The topological polar surface area (TPSA) is 55.8 Å². The van der Waals surface area contributed by atoms with Crippen molar-refractivity contribution in [2.24, 2.45) is 11.8 Å². The van der Waals surface area contributed by atoms with E-state index in [9.17, 15) is 9.59 Å². The number of carbonyl (C=O) groups is 2. The van der Waals surface area contributed by atoms with E-state index in [4.69, 9.17) is 9.47 Å². The Labute approximate surface area is 182 Å². The van der Waals surface area contributed by atoms with Crippen molar-refractivity contribution in [1.82, 2.24) is 0 Å². The van der Waals surface area contributed by atoms with E-state index in [1.807, 2.05) is 41.3 Å². The summed E-state index contributed by atoms with van der Waals surface area (Å²) in [6.45, 7) is 3.40. The number of ether oxygens (including phenoxy) is 2. The first kappa shape index (κ1) is 21.1. The van der Waals surface area contributed by atoms with E-state index in [-0.39, 0.29) is 17.9 Å². The number of esters is 1. The normalized spacial score (nSPS) is 23.9. The molecule has 1 aliphatic carbocycles. The molecular weight excluding hydrogens is 398 g/mol. The molecule has 0 N–H and O–H groups in total. The molecule has 160 valence electrons. The molecule has 0 radical (unpaired) electrons. The third kappa shape index (κ3) is 4.30. The second kappa shape index (κ2) is 9.31. The van der Waals surface area contributed by atoms with E-state index < -0.39 is 5.97 Å². The average Bonchev–Trinajstić information content (AvgIpc) is 3.45. The van der Waals surface area contributed by atoms with Crippen LogP contribution >= 0.6 is 11.3 Å². The van der Waals surface area contributed by atoms with Crippen LogP contribution in [0.5, 0.6) is 0 Å². The Bertz CT molecular complexity index is 880. The Kier molecular flexibility index (Phi) is 6.54. The van der Waals surface area contributed by atoms with Crippen molar-refractivity contribution in [2.75, 3.05) is 25.2 Å². The van der Waals surface area contributed by atoms with Crippen molar-refractivity contribution < 1.29 is 19.1 Å². The largest absolute Gasteiger partial charge is 0.465 e. The fourth-order valence-corrected chi connectivity index (χ4v) is 5.67. The highest BCUT2D eigenvalue weighted by Crippen LogP contribution is 2.42. The van der Waals surface area contributed by atoms with E-state index in [1.54, 1.807) is 0 Å². The lowest BCUT2D eigenvalue weighted by molar-refractivity contribution is -0.124. The van der Waals surface area contributed by atoms with Gasteiger partial charge in [0, 0.05) is 17.4 Å². The quantitative estimate of drug-likeness (QED) is 0.619. The summed E-state index contributed by atoms with van der Waals surface area (Å²) in [6, 6.07) is 11.8. The zero-order chi connectivity index (χ0) is 21.1. The van der Waals surface area contributed by atoms with Gasteiger partial charge in [-0.2, -0.15) is 0 Å². The van der Waals surface area contributed by atoms with Crippen LogP contribution in [0.25, 0.3) is 10.4 Å². The summed E-state index contributed by atoms with van der Waals surface area (Å²) in [5.74, 6) is 0.408. The number of methoxy groups -OCH3 is 1. The minimum atomic E-state index is -0.405. The minimum absolute atomic E-state index is 0.00886. The Hall–Kier alpha value is -2.18. The molecule has 1 aliphatic heterocycles. The molecule has 1 atom stereocenters. The Morgan fingerprint density at radius 1 is 1.10 bits per heavy atom. The number of carbonyl (C=O) groups excluding carboxylic acids is 2. The second-order valence-electron chi connectivity index (χ2n) is 8.37. The van der Waals surface area contributed by atoms with E-state index in [2.05, 4.69) is 6.92 Å². The molecular formula is C24H29NO4S. The number of hydrogen-bond donors (Lipinski definition) is 0. The molecule has 4 rings (SSSR count). The van der Waals surface area contributed by atoms with Crippen molar-refractivity contribution in [1.29, 1.82) is 0 Å². The van der Waals surface area contributed by atoms with Crippen LogP contribution < -0.4 is 4.90 Å². The highest BCUT2D eigenvalue weighted by Gasteiger charge is 2.37. The molecule has 6 heteroatoms. The third-order valence-electron chi connectivity index (χ3n) is 6.27. The summed E-state index contributed by atoms with van der Waals surface area (Å²) in [4.78, 5) is 29.2. The van der Waals surface area contributed by atoms with Gasteiger partial charge >= 0.3 is 5.97 Å². The predicted octanol–water partition coefficient (Wildman–Crippen LogP) is 5.15. The molecule has 2 heterocycles. The molecule has 1 amide bonds. The van der Waals surface area contributed by atoms with Crippen LogP contribution in [0.1, 0.15) is 49.4 Å². The lowest BCUT2D eigenvalue weighted by Crippen LogP contribution is -2.45. The molecule has 1 aromatic heterocycles. The zero-order valence-corrected chi connectivity index (χ0v) is 18.5. The Morgan fingerprint density at radius 2 is 1.83 bits per heavy atom. The number of amides is 1. The lowest BCUT2D eigenvalue weighted by atomic mass is 9.82. The molecule has 2 fully saturated rings. The minimum Gasteiger partial charge on any atom is -0.465 e. The summed E-state index contributed by atoms with van der Waals surface area (Å²) < 4.78 is 10.7. The standard InChI is InChI=1S/C24H29NO4S/c1-16-8-10-18(11-9-16)22(26)25(19-12-13-29-15-19)23-20(24(27)28-2)14-21(30-23)17-6-4-3-5-7-17/h3-7,14,16,18-19H,8-13,15H2,1-2H3. The van der Waals surface area contributed by atoms with E-state index >= 15 is 0 Å². The van der Waals surface area contributed by atoms with Crippen molar-refractivity contribution >= 4 is 28.2 Å². The van der Waals surface area contributed by atoms with Crippen molar-refractivity contribution in [3.8, 4) is 10.4 Å². The van der Waals surface area contributed by atoms with Gasteiger partial charge in [0.05, 0.1) is 25.3 Å². The van der Waals surface area contributed by atoms with Gasteiger partial charge in [0.15, 0.2) is 0 Å². The number of hydrogen-bond acceptors (Lipinski definition) is 5. The first-order chi connectivity index (χ1) is 14.6. The van der Waals surface area contributed by atoms with Crippen LogP contribution in [0.3, 0.4) is 0 Å². The molecule has 5 nitrogen and oxygen atoms in total. The fourth-order valence-electron chi connectivity index (χ4n) is 4.44. The Balaban J connectivity index is 1.74. The lowest BCUT2D eigenvalue weighted by Gasteiger charge is -2.33. The van der Waals surface area contributed by atoms with Crippen LogP contribution in [0.15, 0.2) is 36.4 Å². The monoisotopic (exact) mass is 427 g/mol. The first-order valence-electron chi connectivity index (χ1n) is 10.8. The summed E-state index contributed by atoms with van der Waals surface area (Å²) in [5, 5.41) is 0.694. The highest BCUT2D eigenvalue weighted by molar-refractivity contribution is 7.20. The second-order valence-corrected chi connectivity index (χ2v) is 9.40. The molecule has 1 saturated carbocycles. The fraction of sp³-hybridized carbons (Fsp3) is 0.500. The molecule has 1 unspecified atom stereocenters. The Morgan fingerprint density at radius 3 is 2.47 bits per heavy atom. The molecule has 2 aliphatic rings. The maximum atomic E-state index is 13.7. The maximum Gasteiger partial charge on any atom is 0.340 e. The summed E-state index contributed by atoms with van der Waals surface area (Å²) >= 11 is 1.49. The number of rotatable bonds is 5. The van der Waals surface area contributed by atoms with Crippen LogP contribution in [-0.4, -0.2) is 38.2 Å². The van der Waals surface area contributed by atoms with Crippen LogP contribution in [0.2, 0.25) is 0 Å². The first-order valence-corrected chi connectivity index (χ1v) is 11.6. The number of anilines is 1. The van der Waals surface area contributed by atoms with Gasteiger partial charge in [-0.3, -0.25) is 9.69 Å². The third-order valence-corrected chi connectivity index (χ3v) is 7.45. The van der Waals surface area contributed by atoms with Crippen molar-refractivity contribution in [3.05, 3.63) is 42.0 Å². The predicted molar refractivity (Wildman–Crippen MR) is 119 cm³/mol. The average molecular weight is 428 g/mol. The number of nitrogens with zero attached hydrogens (tertiary/aromatic N) is 1. The highest BCUT2D eigenvalue weighted by atomic mass is 32.1. The molecule has 30 heavy (non-hydrogen) atoms. The van der Waals surface area contributed by atoms with Crippen molar-refractivity contribution in [2.45, 2.75) is 45.1 Å². The molecule has 0 bridgehead atoms. The molecule has 1 saturated heterocycles. The zero-order valence-electron chi connectivity index (χ0n) is 17.6. The van der Waals surface area contributed by atoms with Gasteiger partial charge in [0.1, 0.15) is 5.00 Å². The maximum absolute atomic E-state index is 13.7. The van der Waals surface area contributed by atoms with Gasteiger partial charge in [-0.25, -0.2) is 4.79 Å². The van der Waals surface area contributed by atoms with Crippen LogP contribution in [-0.2, 0) is 14.3 Å². The number of benzene rings is 1. The molecule has 0 spiro atoms. The summed E-state index contributed by atoms with van der Waals surface area (Å²) in [7, 11) is 1.39. The van der Waals surface area contributed by atoms with Gasteiger partial charge in [-0.05, 0) is 49.7 Å². The molecule has 2 aromatic rings. The van der Waals surface area contributed by atoms with Gasteiger partial charge in [-0.1, -0.05) is 37.3 Å². The van der Waals surface area contributed by atoms with Gasteiger partial charge < -0.3 is 9.47 Å². The molecule has 1 aromatic carbocycles. The smallest absolute Gasteiger partial charge is 0.340 e. The van der Waals surface area contributed by atoms with Crippen LogP contribution in [0, 0.1) is 11.8 Å². The van der Waals surface area contributed by atoms with E-state index in [1.165, 1.54) is 18.4 Å². The number of thiophene rings is 1. The van der Waals surface area contributed by atoms with Gasteiger partial charge in [0.25, 0.3) is 0 Å². The van der Waals surface area contributed by atoms with Crippen LogP contribution in [0.4, 0.5) is 5.00 Å². The van der Waals surface area contributed by atoms with Gasteiger partial charge in [0.2, 0.25) is 5.91 Å². The van der Waals surface area contributed by atoms with Crippen molar-refractivity contribution in [3.63, 3.8) is 0 Å². The van der Waals surface area contributed by atoms with E-state index in [0.717, 1.165) is 42.5 Å². The van der Waals surface area contributed by atoms with Gasteiger partial charge in [-0.15, -0.1) is 11.3 Å². The summed E-state index contributed by atoms with van der Waals surface area (Å²) in [6.07, 6.45) is 4.76. The SMILES string of the molecule is COC(=O)c1cc(-c2ccccc2)sc1N(C(=O)C1CCC(C)CC1)C1CCOC1. The summed E-state index contributed by atoms with van der Waals surface area (Å²) in [5.41, 5.74) is 1.49.